The van der Waals surface area contributed by atoms with Crippen molar-refractivity contribution in [3.8, 4) is 5.75 Å². The third-order valence-corrected chi connectivity index (χ3v) is 1.67. The van der Waals surface area contributed by atoms with Crippen molar-refractivity contribution in [1.29, 1.82) is 0 Å². The number of nitroso groups, excluding NO2 is 1. The molecule has 0 aliphatic rings. The number of nitrogens with zero attached hydrogens (tertiary/aromatic N) is 1. The SMILES string of the molecule is COc1ccc(B(O)N=O)c(F)c1F. The maximum absolute atomic E-state index is 13.1. The van der Waals surface area contributed by atoms with E-state index in [1.54, 1.807) is 0 Å². The molecular weight excluding hydrogens is 195 g/mol. The van der Waals surface area contributed by atoms with Gasteiger partial charge < -0.3 is 9.76 Å². The highest BCUT2D eigenvalue weighted by Crippen LogP contribution is 2.17. The molecule has 0 spiro atoms. The van der Waals surface area contributed by atoms with Crippen LogP contribution < -0.4 is 10.2 Å². The maximum Gasteiger partial charge on any atom is 0.520 e. The van der Waals surface area contributed by atoms with Gasteiger partial charge in [0.1, 0.15) is 0 Å². The van der Waals surface area contributed by atoms with Crippen LogP contribution in [0, 0.1) is 16.5 Å². The van der Waals surface area contributed by atoms with Gasteiger partial charge in [-0.2, -0.15) is 9.30 Å². The minimum atomic E-state index is -1.91. The zero-order chi connectivity index (χ0) is 10.7. The quantitative estimate of drug-likeness (QED) is 0.569. The van der Waals surface area contributed by atoms with E-state index >= 15 is 0 Å². The second-order valence-corrected chi connectivity index (χ2v) is 2.46. The van der Waals surface area contributed by atoms with E-state index < -0.39 is 24.1 Å². The Morgan fingerprint density at radius 3 is 2.57 bits per heavy atom. The average Bonchev–Trinajstić information content (AvgIpc) is 2.21. The predicted molar refractivity (Wildman–Crippen MR) is 46.3 cm³/mol. The average molecular weight is 201 g/mol. The predicted octanol–water partition coefficient (Wildman–Crippen LogP) is 0.427. The summed E-state index contributed by atoms with van der Waals surface area (Å²) in [5.41, 5.74) is -0.515. The first-order chi connectivity index (χ1) is 6.61. The summed E-state index contributed by atoms with van der Waals surface area (Å²) in [7, 11) is -0.734. The standard InChI is InChI=1S/C7H6BF2NO3/c1-14-5-3-2-4(8(12)11-13)6(9)7(5)10/h2-3,12H,1H3. The Balaban J connectivity index is 3.23. The zero-order valence-corrected chi connectivity index (χ0v) is 7.20. The van der Waals surface area contributed by atoms with Gasteiger partial charge in [0.2, 0.25) is 0 Å². The van der Waals surface area contributed by atoms with E-state index in [0.717, 1.165) is 12.1 Å². The monoisotopic (exact) mass is 201 g/mol. The lowest BCUT2D eigenvalue weighted by Gasteiger charge is -2.05. The molecule has 0 radical (unpaired) electrons. The second-order valence-electron chi connectivity index (χ2n) is 2.46. The third-order valence-electron chi connectivity index (χ3n) is 1.67. The van der Waals surface area contributed by atoms with E-state index in [1.165, 1.54) is 7.11 Å². The number of methoxy groups -OCH3 is 1. The fourth-order valence-corrected chi connectivity index (χ4v) is 0.961. The molecule has 0 saturated heterocycles. The van der Waals surface area contributed by atoms with Gasteiger partial charge in [0.15, 0.2) is 17.4 Å². The van der Waals surface area contributed by atoms with Crippen LogP contribution >= 0.6 is 0 Å². The third kappa shape index (κ3) is 1.72. The molecule has 0 aliphatic carbocycles. The fourth-order valence-electron chi connectivity index (χ4n) is 0.961. The van der Waals surface area contributed by atoms with Crippen LogP contribution in [-0.2, 0) is 0 Å². The minimum absolute atomic E-state index is 0.302. The Bertz CT molecular complexity index is 361. The van der Waals surface area contributed by atoms with Gasteiger partial charge in [0.25, 0.3) is 0 Å². The molecular formula is C7H6BF2NO3. The molecule has 0 saturated carbocycles. The maximum atomic E-state index is 13.1. The molecule has 7 heteroatoms. The van der Waals surface area contributed by atoms with Crippen LogP contribution in [-0.4, -0.2) is 19.2 Å². The van der Waals surface area contributed by atoms with Gasteiger partial charge in [-0.05, 0) is 6.07 Å². The Kier molecular flexibility index (Phi) is 3.13. The van der Waals surface area contributed by atoms with Gasteiger partial charge in [0, 0.05) is 5.46 Å². The van der Waals surface area contributed by atoms with Crippen LogP contribution in [0.2, 0.25) is 0 Å². The molecule has 4 nitrogen and oxygen atoms in total. The van der Waals surface area contributed by atoms with Gasteiger partial charge in [-0.1, -0.05) is 11.2 Å². The van der Waals surface area contributed by atoms with Crippen molar-refractivity contribution in [2.75, 3.05) is 7.11 Å². The Morgan fingerprint density at radius 1 is 1.43 bits per heavy atom. The van der Waals surface area contributed by atoms with Crippen molar-refractivity contribution in [3.05, 3.63) is 28.7 Å². The smallest absolute Gasteiger partial charge is 0.494 e. The van der Waals surface area contributed by atoms with Crippen LogP contribution in [0.3, 0.4) is 0 Å². The molecule has 1 N–H and O–H groups in total. The van der Waals surface area contributed by atoms with E-state index in [9.17, 15) is 13.7 Å². The molecule has 1 aromatic rings. The van der Waals surface area contributed by atoms with Crippen molar-refractivity contribution >= 4 is 12.5 Å². The van der Waals surface area contributed by atoms with Crippen molar-refractivity contribution in [2.45, 2.75) is 0 Å². The second kappa shape index (κ2) is 4.14. The molecule has 0 heterocycles. The van der Waals surface area contributed by atoms with Gasteiger partial charge in [-0.25, -0.2) is 4.39 Å². The minimum Gasteiger partial charge on any atom is -0.494 e. The summed E-state index contributed by atoms with van der Waals surface area (Å²) < 4.78 is 30.6. The first-order valence-corrected chi connectivity index (χ1v) is 3.64. The van der Waals surface area contributed by atoms with Crippen molar-refractivity contribution in [3.63, 3.8) is 0 Å². The lowest BCUT2D eigenvalue weighted by Crippen LogP contribution is -2.31. The van der Waals surface area contributed by atoms with Gasteiger partial charge in [0.05, 0.1) is 7.11 Å². The topological polar surface area (TPSA) is 58.9 Å². The summed E-state index contributed by atoms with van der Waals surface area (Å²) in [6, 6.07) is 2.13. The molecule has 0 atom stereocenters. The van der Waals surface area contributed by atoms with E-state index in [2.05, 4.69) is 9.82 Å². The van der Waals surface area contributed by atoms with Crippen LogP contribution in [0.15, 0.2) is 17.2 Å². The molecule has 0 aliphatic heterocycles. The van der Waals surface area contributed by atoms with E-state index in [1.807, 2.05) is 0 Å². The molecule has 0 bridgehead atoms. The van der Waals surface area contributed by atoms with Crippen LogP contribution in [0.25, 0.3) is 0 Å². The number of halogens is 2. The lowest BCUT2D eigenvalue weighted by molar-refractivity contribution is 0.372. The number of benzene rings is 1. The molecule has 1 aromatic carbocycles. The summed E-state index contributed by atoms with van der Waals surface area (Å²) in [5, 5.41) is 11.0. The molecule has 74 valence electrons. The van der Waals surface area contributed by atoms with Gasteiger partial charge in [-0.15, -0.1) is 0 Å². The summed E-state index contributed by atoms with van der Waals surface area (Å²) in [6.07, 6.45) is 0. The van der Waals surface area contributed by atoms with Crippen molar-refractivity contribution < 1.29 is 18.5 Å². The fraction of sp³-hybridized carbons (Fsp3) is 0.143. The molecule has 0 aromatic heterocycles. The first kappa shape index (κ1) is 10.6. The molecule has 14 heavy (non-hydrogen) atoms. The number of rotatable bonds is 3. The lowest BCUT2D eigenvalue weighted by atomic mass is 9.75. The van der Waals surface area contributed by atoms with Gasteiger partial charge in [-0.3, -0.25) is 0 Å². The zero-order valence-electron chi connectivity index (χ0n) is 7.20. The van der Waals surface area contributed by atoms with E-state index in [0.29, 0.717) is 0 Å². The largest absolute Gasteiger partial charge is 0.520 e. The highest BCUT2D eigenvalue weighted by Gasteiger charge is 2.24. The molecule has 1 rings (SSSR count). The van der Waals surface area contributed by atoms with Crippen molar-refractivity contribution in [1.82, 2.24) is 0 Å². The summed E-state index contributed by atoms with van der Waals surface area (Å²) in [5.74, 6) is -2.89. The Labute approximate surface area is 78.6 Å². The summed E-state index contributed by atoms with van der Waals surface area (Å²) in [6.45, 7) is 0. The van der Waals surface area contributed by atoms with E-state index in [4.69, 9.17) is 5.02 Å². The van der Waals surface area contributed by atoms with Crippen molar-refractivity contribution in [2.24, 2.45) is 5.09 Å². The number of hydrogen-bond acceptors (Lipinski definition) is 4. The highest BCUT2D eigenvalue weighted by molar-refractivity contribution is 6.64. The summed E-state index contributed by atoms with van der Waals surface area (Å²) >= 11 is 0. The van der Waals surface area contributed by atoms with Gasteiger partial charge >= 0.3 is 7.05 Å². The Morgan fingerprint density at radius 2 is 2.07 bits per heavy atom. The Hall–Kier alpha value is -1.50. The first-order valence-electron chi connectivity index (χ1n) is 3.64. The molecule has 0 fully saturated rings. The van der Waals surface area contributed by atoms with Crippen LogP contribution in [0.5, 0.6) is 5.75 Å². The van der Waals surface area contributed by atoms with Crippen LogP contribution in [0.4, 0.5) is 8.78 Å². The van der Waals surface area contributed by atoms with E-state index in [-0.39, 0.29) is 5.75 Å². The number of hydrogen-bond donors (Lipinski definition) is 1. The van der Waals surface area contributed by atoms with Crippen LogP contribution in [0.1, 0.15) is 0 Å². The molecule has 0 unspecified atom stereocenters. The highest BCUT2D eigenvalue weighted by atomic mass is 19.2. The normalized spacial score (nSPS) is 9.71. The molecule has 0 amide bonds. The summed E-state index contributed by atoms with van der Waals surface area (Å²) in [4.78, 5) is 9.90. The number of ether oxygens (including phenoxy) is 1.